The monoisotopic (exact) mass is 381 g/mol. The molecule has 0 unspecified atom stereocenters. The van der Waals surface area contributed by atoms with E-state index in [9.17, 15) is 9.59 Å². The van der Waals surface area contributed by atoms with Crippen molar-refractivity contribution in [2.75, 3.05) is 18.5 Å². The van der Waals surface area contributed by atoms with Crippen LogP contribution in [0.4, 0.5) is 5.69 Å². The minimum atomic E-state index is -0.359. The summed E-state index contributed by atoms with van der Waals surface area (Å²) in [6, 6.07) is 14.2. The van der Waals surface area contributed by atoms with Crippen molar-refractivity contribution in [2.45, 2.75) is 33.1 Å². The third-order valence-electron chi connectivity index (χ3n) is 3.90. The highest BCUT2D eigenvalue weighted by Gasteiger charge is 2.06. The maximum atomic E-state index is 12.1. The summed E-state index contributed by atoms with van der Waals surface area (Å²) in [6.07, 6.45) is 6.11. The lowest BCUT2D eigenvalue weighted by atomic mass is 10.2. The molecule has 1 amide bonds. The third kappa shape index (κ3) is 7.27. The first kappa shape index (κ1) is 21.2. The average molecular weight is 381 g/mol. The minimum Gasteiger partial charge on any atom is -0.494 e. The highest BCUT2D eigenvalue weighted by atomic mass is 16.5. The highest BCUT2D eigenvalue weighted by Crippen LogP contribution is 2.14. The molecule has 5 nitrogen and oxygen atoms in total. The molecular formula is C23H27NO4. The molecule has 0 saturated heterocycles. The number of esters is 1. The number of ether oxygens (including phenoxy) is 2. The summed E-state index contributed by atoms with van der Waals surface area (Å²) in [7, 11) is 0. The fourth-order valence-corrected chi connectivity index (χ4v) is 2.33. The largest absolute Gasteiger partial charge is 0.494 e. The van der Waals surface area contributed by atoms with Gasteiger partial charge in [0.05, 0.1) is 18.8 Å². The number of carbonyl (C=O) groups is 2. The second-order valence-electron chi connectivity index (χ2n) is 6.31. The Bertz CT molecular complexity index is 779. The molecule has 0 fully saturated rings. The number of anilines is 1. The molecule has 0 aliphatic heterocycles. The smallest absolute Gasteiger partial charge is 0.338 e. The maximum absolute atomic E-state index is 12.1. The second kappa shape index (κ2) is 11.6. The Morgan fingerprint density at radius 3 is 2.29 bits per heavy atom. The summed E-state index contributed by atoms with van der Waals surface area (Å²) in [4.78, 5) is 23.8. The number of nitrogens with one attached hydrogen (secondary N) is 1. The van der Waals surface area contributed by atoms with E-state index in [-0.39, 0.29) is 11.9 Å². The zero-order chi connectivity index (χ0) is 20.2. The van der Waals surface area contributed by atoms with Gasteiger partial charge in [0.25, 0.3) is 0 Å². The van der Waals surface area contributed by atoms with Crippen molar-refractivity contribution in [1.29, 1.82) is 0 Å². The van der Waals surface area contributed by atoms with Gasteiger partial charge < -0.3 is 14.8 Å². The van der Waals surface area contributed by atoms with E-state index in [1.54, 1.807) is 30.3 Å². The van der Waals surface area contributed by atoms with Gasteiger partial charge in [-0.25, -0.2) is 4.79 Å². The molecule has 0 aromatic heterocycles. The number of amides is 1. The standard InChI is InChI=1S/C23H27NO4/c1-3-5-17-27-21-13-6-18(7-14-21)8-15-22(25)24-20-11-9-19(10-12-20)23(26)28-16-4-2/h6-15H,3-5,16-17H2,1-2H3,(H,24,25). The molecule has 2 aromatic carbocycles. The van der Waals surface area contributed by atoms with Crippen molar-refractivity contribution in [3.05, 3.63) is 65.7 Å². The van der Waals surface area contributed by atoms with Crippen LogP contribution in [0.25, 0.3) is 6.08 Å². The van der Waals surface area contributed by atoms with Gasteiger partial charge in [-0.3, -0.25) is 4.79 Å². The highest BCUT2D eigenvalue weighted by molar-refractivity contribution is 6.02. The topological polar surface area (TPSA) is 64.6 Å². The maximum Gasteiger partial charge on any atom is 0.338 e. The van der Waals surface area contributed by atoms with E-state index in [1.165, 1.54) is 6.08 Å². The average Bonchev–Trinajstić information content (AvgIpc) is 2.72. The molecule has 0 aliphatic rings. The normalized spacial score (nSPS) is 10.6. The predicted molar refractivity (Wildman–Crippen MR) is 112 cm³/mol. The van der Waals surface area contributed by atoms with Gasteiger partial charge in [-0.2, -0.15) is 0 Å². The first-order valence-corrected chi connectivity index (χ1v) is 9.61. The Balaban J connectivity index is 1.85. The van der Waals surface area contributed by atoms with E-state index < -0.39 is 0 Å². The van der Waals surface area contributed by atoms with Gasteiger partial charge >= 0.3 is 5.97 Å². The summed E-state index contributed by atoms with van der Waals surface area (Å²) in [5, 5.41) is 2.76. The van der Waals surface area contributed by atoms with Crippen LogP contribution in [0.3, 0.4) is 0 Å². The molecule has 0 bridgehead atoms. The number of carbonyl (C=O) groups excluding carboxylic acids is 2. The predicted octanol–water partition coefficient (Wildman–Crippen LogP) is 5.08. The lowest BCUT2D eigenvalue weighted by Gasteiger charge is -2.06. The van der Waals surface area contributed by atoms with Crippen molar-refractivity contribution in [3.63, 3.8) is 0 Å². The number of benzene rings is 2. The van der Waals surface area contributed by atoms with Crippen LogP contribution < -0.4 is 10.1 Å². The van der Waals surface area contributed by atoms with Gasteiger partial charge in [-0.1, -0.05) is 32.4 Å². The Hall–Kier alpha value is -3.08. The number of unbranched alkanes of at least 4 members (excludes halogenated alkanes) is 1. The Morgan fingerprint density at radius 1 is 0.929 bits per heavy atom. The zero-order valence-corrected chi connectivity index (χ0v) is 16.4. The Kier molecular flexibility index (Phi) is 8.79. The molecule has 2 aromatic rings. The Morgan fingerprint density at radius 2 is 1.64 bits per heavy atom. The zero-order valence-electron chi connectivity index (χ0n) is 16.4. The molecule has 148 valence electrons. The van der Waals surface area contributed by atoms with Gasteiger partial charge in [-0.15, -0.1) is 0 Å². The van der Waals surface area contributed by atoms with Crippen LogP contribution in [0.5, 0.6) is 5.75 Å². The van der Waals surface area contributed by atoms with Crippen molar-refractivity contribution in [3.8, 4) is 5.75 Å². The van der Waals surface area contributed by atoms with Gasteiger partial charge in [-0.05, 0) is 60.9 Å². The van der Waals surface area contributed by atoms with Crippen LogP contribution in [-0.4, -0.2) is 25.1 Å². The molecule has 28 heavy (non-hydrogen) atoms. The second-order valence-corrected chi connectivity index (χ2v) is 6.31. The third-order valence-corrected chi connectivity index (χ3v) is 3.90. The van der Waals surface area contributed by atoms with Crippen molar-refractivity contribution >= 4 is 23.6 Å². The van der Waals surface area contributed by atoms with Gasteiger partial charge in [0, 0.05) is 11.8 Å². The number of rotatable bonds is 10. The first-order chi connectivity index (χ1) is 13.6. The van der Waals surface area contributed by atoms with Crippen LogP contribution in [0, 0.1) is 0 Å². The fraction of sp³-hybridized carbons (Fsp3) is 0.304. The molecule has 0 spiro atoms. The summed E-state index contributed by atoms with van der Waals surface area (Å²) < 4.78 is 10.7. The lowest BCUT2D eigenvalue weighted by molar-refractivity contribution is -0.111. The van der Waals surface area contributed by atoms with Crippen LogP contribution in [0.1, 0.15) is 49.0 Å². The van der Waals surface area contributed by atoms with E-state index >= 15 is 0 Å². The quantitative estimate of drug-likeness (QED) is 0.354. The van der Waals surface area contributed by atoms with Gasteiger partial charge in [0.1, 0.15) is 5.75 Å². The van der Waals surface area contributed by atoms with Crippen molar-refractivity contribution < 1.29 is 19.1 Å². The van der Waals surface area contributed by atoms with Crippen LogP contribution >= 0.6 is 0 Å². The van der Waals surface area contributed by atoms with Gasteiger partial charge in [0.2, 0.25) is 5.91 Å². The number of hydrogen-bond acceptors (Lipinski definition) is 4. The number of hydrogen-bond donors (Lipinski definition) is 1. The van der Waals surface area contributed by atoms with Crippen LogP contribution in [0.15, 0.2) is 54.6 Å². The lowest BCUT2D eigenvalue weighted by Crippen LogP contribution is -2.09. The molecule has 0 radical (unpaired) electrons. The molecular weight excluding hydrogens is 354 g/mol. The van der Waals surface area contributed by atoms with E-state index in [0.29, 0.717) is 24.5 Å². The molecule has 0 aliphatic carbocycles. The molecule has 1 N–H and O–H groups in total. The van der Waals surface area contributed by atoms with Crippen LogP contribution in [-0.2, 0) is 9.53 Å². The van der Waals surface area contributed by atoms with Crippen molar-refractivity contribution in [1.82, 2.24) is 0 Å². The van der Waals surface area contributed by atoms with E-state index in [2.05, 4.69) is 12.2 Å². The van der Waals surface area contributed by atoms with Crippen molar-refractivity contribution in [2.24, 2.45) is 0 Å². The molecule has 5 heteroatoms. The summed E-state index contributed by atoms with van der Waals surface area (Å²) in [5.41, 5.74) is 1.98. The molecule has 0 saturated carbocycles. The van der Waals surface area contributed by atoms with E-state index in [0.717, 1.165) is 30.6 Å². The summed E-state index contributed by atoms with van der Waals surface area (Å²) >= 11 is 0. The van der Waals surface area contributed by atoms with E-state index in [1.807, 2.05) is 31.2 Å². The summed E-state index contributed by atoms with van der Waals surface area (Å²) in [5.74, 6) is 0.221. The fourth-order valence-electron chi connectivity index (χ4n) is 2.33. The van der Waals surface area contributed by atoms with Crippen LogP contribution in [0.2, 0.25) is 0 Å². The first-order valence-electron chi connectivity index (χ1n) is 9.61. The molecule has 2 rings (SSSR count). The minimum absolute atomic E-state index is 0.246. The van der Waals surface area contributed by atoms with E-state index in [4.69, 9.17) is 9.47 Å². The Labute approximate surface area is 166 Å². The molecule has 0 heterocycles. The summed E-state index contributed by atoms with van der Waals surface area (Å²) in [6.45, 7) is 5.17. The van der Waals surface area contributed by atoms with Gasteiger partial charge in [0.15, 0.2) is 0 Å². The molecule has 0 atom stereocenters. The SMILES string of the molecule is CCCCOc1ccc(C=CC(=O)Nc2ccc(C(=O)OCCC)cc2)cc1.